The lowest BCUT2D eigenvalue weighted by atomic mass is 9.45. The maximum Gasteiger partial charge on any atom is 0.184 e. The van der Waals surface area contributed by atoms with Crippen LogP contribution in [-0.2, 0) is 0 Å². The van der Waals surface area contributed by atoms with Crippen LogP contribution in [0.3, 0.4) is 0 Å². The van der Waals surface area contributed by atoms with Crippen molar-refractivity contribution < 1.29 is 5.11 Å². The standard InChI is InChI=1S/C20H33N3OS/c1-19-9-7-13(22-23-18(21)25)11-12(19)3-4-14-15-5-6-17(24)20(15,2)10-8-16(14)19/h12,14-17,24H,3-11H2,1-2H3,(H3,21,23,25)/b22-13+/t12-,14-,15-,16-,17-,19-,20-/m0/s1. The summed E-state index contributed by atoms with van der Waals surface area (Å²) in [7, 11) is 0. The second-order valence-electron chi connectivity index (χ2n) is 9.65. The Bertz CT molecular complexity index is 593. The van der Waals surface area contributed by atoms with Gasteiger partial charge in [0.1, 0.15) is 0 Å². The molecule has 4 rings (SSSR count). The van der Waals surface area contributed by atoms with Crippen molar-refractivity contribution in [1.29, 1.82) is 0 Å². The second-order valence-corrected chi connectivity index (χ2v) is 10.1. The molecule has 0 aromatic heterocycles. The monoisotopic (exact) mass is 363 g/mol. The summed E-state index contributed by atoms with van der Waals surface area (Å²) in [5.74, 6) is 3.14. The summed E-state index contributed by atoms with van der Waals surface area (Å²) in [6.45, 7) is 4.92. The average Bonchev–Trinajstić information content (AvgIpc) is 2.88. The summed E-state index contributed by atoms with van der Waals surface area (Å²) in [6.07, 6.45) is 10.8. The molecule has 25 heavy (non-hydrogen) atoms. The van der Waals surface area contributed by atoms with Crippen molar-refractivity contribution >= 4 is 23.0 Å². The molecule has 4 N–H and O–H groups in total. The minimum atomic E-state index is -0.0692. The van der Waals surface area contributed by atoms with Gasteiger partial charge in [0.05, 0.1) is 6.10 Å². The minimum absolute atomic E-state index is 0.0692. The van der Waals surface area contributed by atoms with E-state index in [0.29, 0.717) is 5.41 Å². The van der Waals surface area contributed by atoms with Gasteiger partial charge in [0, 0.05) is 5.71 Å². The molecule has 0 amide bonds. The summed E-state index contributed by atoms with van der Waals surface area (Å²) >= 11 is 4.88. The molecule has 0 saturated heterocycles. The molecule has 0 aromatic rings. The number of fused-ring (bicyclic) bond motifs is 5. The first kappa shape index (κ1) is 17.7. The highest BCUT2D eigenvalue weighted by Crippen LogP contribution is 2.65. The molecule has 4 aliphatic carbocycles. The zero-order valence-corrected chi connectivity index (χ0v) is 16.4. The lowest BCUT2D eigenvalue weighted by molar-refractivity contribution is -0.112. The van der Waals surface area contributed by atoms with Crippen LogP contribution in [0.15, 0.2) is 5.10 Å². The summed E-state index contributed by atoms with van der Waals surface area (Å²) in [5, 5.41) is 15.3. The fraction of sp³-hybridized carbons (Fsp3) is 0.900. The van der Waals surface area contributed by atoms with Gasteiger partial charge < -0.3 is 10.8 Å². The molecule has 5 heteroatoms. The Labute approximate surface area is 157 Å². The molecule has 0 bridgehead atoms. The van der Waals surface area contributed by atoms with Crippen molar-refractivity contribution in [3.63, 3.8) is 0 Å². The number of hydrogen-bond acceptors (Lipinski definition) is 3. The van der Waals surface area contributed by atoms with Crippen LogP contribution in [0.5, 0.6) is 0 Å². The quantitative estimate of drug-likeness (QED) is 0.492. The van der Waals surface area contributed by atoms with Crippen LogP contribution >= 0.6 is 12.2 Å². The SMILES string of the molecule is C[C@]12CC/C(=N\NC(N)=S)C[C@@H]1CC[C@@H]1[C@@H]2CC[C@]2(C)[C@@H](O)CC[C@@H]12. The lowest BCUT2D eigenvalue weighted by Crippen LogP contribution is -2.54. The Morgan fingerprint density at radius 3 is 2.64 bits per heavy atom. The van der Waals surface area contributed by atoms with E-state index >= 15 is 0 Å². The topological polar surface area (TPSA) is 70.6 Å². The molecule has 4 saturated carbocycles. The first-order chi connectivity index (χ1) is 11.8. The van der Waals surface area contributed by atoms with Gasteiger partial charge in [-0.15, -0.1) is 0 Å². The lowest BCUT2D eigenvalue weighted by Gasteiger charge is -2.60. The van der Waals surface area contributed by atoms with E-state index in [0.717, 1.165) is 42.9 Å². The maximum absolute atomic E-state index is 10.6. The van der Waals surface area contributed by atoms with Crippen LogP contribution in [0.25, 0.3) is 0 Å². The summed E-state index contributed by atoms with van der Waals surface area (Å²) < 4.78 is 0. The minimum Gasteiger partial charge on any atom is -0.393 e. The van der Waals surface area contributed by atoms with Gasteiger partial charge in [-0.05, 0) is 105 Å². The number of rotatable bonds is 1. The Hall–Kier alpha value is -0.680. The van der Waals surface area contributed by atoms with Crippen molar-refractivity contribution in [3.8, 4) is 0 Å². The van der Waals surface area contributed by atoms with Gasteiger partial charge in [0.15, 0.2) is 5.11 Å². The molecule has 0 heterocycles. The number of nitrogens with one attached hydrogen (secondary N) is 1. The third kappa shape index (κ3) is 2.73. The van der Waals surface area contributed by atoms with Gasteiger partial charge >= 0.3 is 0 Å². The van der Waals surface area contributed by atoms with E-state index in [1.165, 1.54) is 44.2 Å². The van der Waals surface area contributed by atoms with Crippen molar-refractivity contribution in [2.45, 2.75) is 77.7 Å². The van der Waals surface area contributed by atoms with E-state index in [1.807, 2.05) is 0 Å². The third-order valence-electron chi connectivity index (χ3n) is 8.77. The zero-order valence-electron chi connectivity index (χ0n) is 15.6. The number of aliphatic hydroxyl groups is 1. The largest absolute Gasteiger partial charge is 0.393 e. The van der Waals surface area contributed by atoms with E-state index in [1.54, 1.807) is 0 Å². The van der Waals surface area contributed by atoms with Gasteiger partial charge in [0.25, 0.3) is 0 Å². The Morgan fingerprint density at radius 1 is 1.12 bits per heavy atom. The molecule has 140 valence electrons. The first-order valence-corrected chi connectivity index (χ1v) is 10.5. The van der Waals surface area contributed by atoms with Gasteiger partial charge in [-0.25, -0.2) is 0 Å². The zero-order chi connectivity index (χ0) is 17.8. The molecular weight excluding hydrogens is 330 g/mol. The van der Waals surface area contributed by atoms with Crippen molar-refractivity contribution in [3.05, 3.63) is 0 Å². The molecule has 0 aromatic carbocycles. The highest BCUT2D eigenvalue weighted by atomic mass is 32.1. The van der Waals surface area contributed by atoms with Gasteiger partial charge in [-0.1, -0.05) is 13.8 Å². The van der Waals surface area contributed by atoms with Crippen molar-refractivity contribution in [2.75, 3.05) is 0 Å². The average molecular weight is 364 g/mol. The predicted octanol–water partition coefficient (Wildman–Crippen LogP) is 3.58. The van der Waals surface area contributed by atoms with E-state index in [4.69, 9.17) is 18.0 Å². The Balaban J connectivity index is 1.53. The number of hydrogen-bond donors (Lipinski definition) is 3. The molecule has 4 nitrogen and oxygen atoms in total. The number of nitrogens with zero attached hydrogens (tertiary/aromatic N) is 1. The molecule has 0 spiro atoms. The van der Waals surface area contributed by atoms with Crippen LogP contribution < -0.4 is 11.2 Å². The van der Waals surface area contributed by atoms with Crippen LogP contribution in [0, 0.1) is 34.5 Å². The number of aliphatic hydroxyl groups excluding tert-OH is 1. The Kier molecular flexibility index (Phi) is 4.39. The Morgan fingerprint density at radius 2 is 1.88 bits per heavy atom. The molecule has 0 aliphatic heterocycles. The van der Waals surface area contributed by atoms with E-state index in [9.17, 15) is 5.11 Å². The van der Waals surface area contributed by atoms with Gasteiger partial charge in [0.2, 0.25) is 0 Å². The normalized spacial score (nSPS) is 50.7. The number of hydrazone groups is 1. The highest BCUT2D eigenvalue weighted by molar-refractivity contribution is 7.80. The van der Waals surface area contributed by atoms with Gasteiger partial charge in [-0.3, -0.25) is 5.43 Å². The number of nitrogens with two attached hydrogens (primary N) is 1. The molecule has 4 aliphatic rings. The van der Waals surface area contributed by atoms with E-state index in [-0.39, 0.29) is 16.6 Å². The van der Waals surface area contributed by atoms with Crippen LogP contribution in [0.2, 0.25) is 0 Å². The second kappa shape index (κ2) is 6.19. The van der Waals surface area contributed by atoms with Crippen molar-refractivity contribution in [1.82, 2.24) is 5.43 Å². The smallest absolute Gasteiger partial charge is 0.184 e. The van der Waals surface area contributed by atoms with Crippen LogP contribution in [-0.4, -0.2) is 22.0 Å². The summed E-state index contributed by atoms with van der Waals surface area (Å²) in [4.78, 5) is 0. The highest BCUT2D eigenvalue weighted by Gasteiger charge is 2.59. The molecule has 0 radical (unpaired) electrons. The van der Waals surface area contributed by atoms with E-state index in [2.05, 4.69) is 24.4 Å². The fourth-order valence-corrected chi connectivity index (χ4v) is 7.31. The first-order valence-electron chi connectivity index (χ1n) is 10.1. The maximum atomic E-state index is 10.6. The summed E-state index contributed by atoms with van der Waals surface area (Å²) in [5.41, 5.74) is 10.2. The van der Waals surface area contributed by atoms with Crippen LogP contribution in [0.1, 0.15) is 71.6 Å². The predicted molar refractivity (Wildman–Crippen MR) is 105 cm³/mol. The van der Waals surface area contributed by atoms with Crippen molar-refractivity contribution in [2.24, 2.45) is 45.3 Å². The van der Waals surface area contributed by atoms with Crippen LogP contribution in [0.4, 0.5) is 0 Å². The number of thiocarbonyl (C=S) groups is 1. The third-order valence-corrected chi connectivity index (χ3v) is 8.86. The van der Waals surface area contributed by atoms with Gasteiger partial charge in [-0.2, -0.15) is 5.10 Å². The fourth-order valence-electron chi connectivity index (χ4n) is 7.27. The summed E-state index contributed by atoms with van der Waals surface area (Å²) in [6, 6.07) is 0. The molecule has 4 fully saturated rings. The van der Waals surface area contributed by atoms with E-state index < -0.39 is 0 Å². The molecular formula is C20H33N3OS. The molecule has 7 atom stereocenters. The molecule has 0 unspecified atom stereocenters.